The van der Waals surface area contributed by atoms with Crippen LogP contribution in [0.4, 0.5) is 15.0 Å². The van der Waals surface area contributed by atoms with E-state index in [1.54, 1.807) is 44.2 Å². The molecular formula is C30H28FN11O3. The second-order valence-electron chi connectivity index (χ2n) is 11.2. The van der Waals surface area contributed by atoms with E-state index in [9.17, 15) is 14.9 Å². The SMILES string of the molecule is [2H]C([2H])([2H])N(C(=O)OC(C)(C)C)c1nc(-c2cnn(C)c2-c2c(F)cc3c(ccc4nnc(C)n43)c2C#N)cc2c(CN)n[nH]c(=O)c12. The molecule has 6 aromatic rings. The molecule has 0 radical (unpaired) electrons. The Balaban J connectivity index is 1.69. The molecule has 0 aliphatic rings. The Bertz CT molecular complexity index is 2400. The van der Waals surface area contributed by atoms with E-state index in [-0.39, 0.29) is 51.1 Å². The van der Waals surface area contributed by atoms with Crippen LogP contribution in [0.15, 0.2) is 35.3 Å². The summed E-state index contributed by atoms with van der Waals surface area (Å²) in [6.45, 7) is 2.99. The summed E-state index contributed by atoms with van der Waals surface area (Å²) in [5.74, 6) is -0.858. The minimum atomic E-state index is -3.18. The molecule has 0 fully saturated rings. The molecule has 0 unspecified atom stereocenters. The van der Waals surface area contributed by atoms with Crippen molar-refractivity contribution in [3.8, 4) is 28.6 Å². The van der Waals surface area contributed by atoms with Crippen molar-refractivity contribution in [2.24, 2.45) is 12.8 Å². The number of nitriles is 1. The monoisotopic (exact) mass is 612 g/mol. The van der Waals surface area contributed by atoms with Crippen molar-refractivity contribution in [2.75, 3.05) is 11.9 Å². The van der Waals surface area contributed by atoms with Gasteiger partial charge in [0.15, 0.2) is 11.5 Å². The van der Waals surface area contributed by atoms with Crippen molar-refractivity contribution in [2.45, 2.75) is 39.8 Å². The molecule has 1 aromatic carbocycles. The minimum Gasteiger partial charge on any atom is -0.443 e. The zero-order valence-electron chi connectivity index (χ0n) is 27.8. The number of carbonyl (C=O) groups is 1. The van der Waals surface area contributed by atoms with Crippen molar-refractivity contribution in [1.29, 1.82) is 5.26 Å². The summed E-state index contributed by atoms with van der Waals surface area (Å²) in [7, 11) is 1.53. The number of benzene rings is 1. The first kappa shape index (κ1) is 25.7. The highest BCUT2D eigenvalue weighted by Gasteiger charge is 2.28. The van der Waals surface area contributed by atoms with E-state index in [2.05, 4.69) is 36.5 Å². The zero-order chi connectivity index (χ0) is 34.9. The first-order chi connectivity index (χ1) is 22.6. The fraction of sp³-hybridized carbons (Fsp3) is 0.267. The normalized spacial score (nSPS) is 13.1. The number of aromatic amines is 1. The van der Waals surface area contributed by atoms with Crippen LogP contribution in [-0.4, -0.2) is 58.2 Å². The number of rotatable bonds is 4. The lowest BCUT2D eigenvalue weighted by atomic mass is 9.95. The Morgan fingerprint density at radius 2 is 2.04 bits per heavy atom. The van der Waals surface area contributed by atoms with Gasteiger partial charge in [0.05, 0.1) is 45.3 Å². The maximum atomic E-state index is 16.3. The lowest BCUT2D eigenvalue weighted by molar-refractivity contribution is 0.0588. The van der Waals surface area contributed by atoms with Crippen LogP contribution in [0.25, 0.3) is 49.8 Å². The Hall–Kier alpha value is -5.75. The smallest absolute Gasteiger partial charge is 0.415 e. The van der Waals surface area contributed by atoms with Gasteiger partial charge in [0, 0.05) is 41.0 Å². The van der Waals surface area contributed by atoms with Crippen LogP contribution >= 0.6 is 0 Å². The fourth-order valence-corrected chi connectivity index (χ4v) is 5.28. The van der Waals surface area contributed by atoms with Gasteiger partial charge in [-0.05, 0) is 52.0 Å². The number of aryl methyl sites for hydroxylation is 2. The van der Waals surface area contributed by atoms with E-state index < -0.39 is 35.9 Å². The van der Waals surface area contributed by atoms with Crippen LogP contribution < -0.4 is 16.2 Å². The molecule has 45 heavy (non-hydrogen) atoms. The van der Waals surface area contributed by atoms with Gasteiger partial charge < -0.3 is 10.5 Å². The van der Waals surface area contributed by atoms with Gasteiger partial charge in [-0.3, -0.25) is 18.8 Å². The Morgan fingerprint density at radius 1 is 1.27 bits per heavy atom. The summed E-state index contributed by atoms with van der Waals surface area (Å²) in [4.78, 5) is 31.5. The molecule has 0 aliphatic carbocycles. The average Bonchev–Trinajstić information content (AvgIpc) is 3.57. The maximum Gasteiger partial charge on any atom is 0.415 e. The second kappa shape index (κ2) is 10.5. The van der Waals surface area contributed by atoms with Crippen LogP contribution in [0.1, 0.15) is 42.0 Å². The van der Waals surface area contributed by atoms with E-state index in [4.69, 9.17) is 14.6 Å². The predicted molar refractivity (Wildman–Crippen MR) is 164 cm³/mol. The van der Waals surface area contributed by atoms with Crippen molar-refractivity contribution < 1.29 is 18.0 Å². The molecule has 228 valence electrons. The molecule has 0 saturated heterocycles. The van der Waals surface area contributed by atoms with Crippen LogP contribution in [-0.2, 0) is 18.3 Å². The van der Waals surface area contributed by atoms with E-state index in [1.165, 1.54) is 30.1 Å². The van der Waals surface area contributed by atoms with Gasteiger partial charge in [-0.15, -0.1) is 10.2 Å². The number of halogens is 1. The van der Waals surface area contributed by atoms with E-state index in [0.29, 0.717) is 27.3 Å². The predicted octanol–water partition coefficient (Wildman–Crippen LogP) is 3.73. The second-order valence-corrected chi connectivity index (χ2v) is 11.2. The molecule has 5 aromatic heterocycles. The molecule has 1 amide bonds. The van der Waals surface area contributed by atoms with Crippen LogP contribution in [0, 0.1) is 24.1 Å². The summed E-state index contributed by atoms with van der Waals surface area (Å²) in [6, 6.07) is 8.11. The largest absolute Gasteiger partial charge is 0.443 e. The number of fused-ring (bicyclic) bond motifs is 4. The molecular weight excluding hydrogens is 581 g/mol. The number of aromatic nitrogens is 8. The third-order valence-corrected chi connectivity index (χ3v) is 7.16. The number of H-pyrrole nitrogens is 1. The lowest BCUT2D eigenvalue weighted by Crippen LogP contribution is -2.35. The Kier molecular flexibility index (Phi) is 5.98. The number of amides is 1. The fourth-order valence-electron chi connectivity index (χ4n) is 5.28. The highest BCUT2D eigenvalue weighted by atomic mass is 19.1. The third-order valence-electron chi connectivity index (χ3n) is 7.16. The van der Waals surface area contributed by atoms with Gasteiger partial charge in [0.25, 0.3) is 5.56 Å². The highest BCUT2D eigenvalue weighted by Crippen LogP contribution is 2.40. The summed E-state index contributed by atoms with van der Waals surface area (Å²) < 4.78 is 49.4. The summed E-state index contributed by atoms with van der Waals surface area (Å²) >= 11 is 0. The lowest BCUT2D eigenvalue weighted by Gasteiger charge is -2.25. The van der Waals surface area contributed by atoms with E-state index in [1.807, 2.05) is 0 Å². The highest BCUT2D eigenvalue weighted by molar-refractivity contribution is 6.03. The number of nitrogens with zero attached hydrogens (tertiary/aromatic N) is 9. The van der Waals surface area contributed by atoms with Crippen LogP contribution in [0.5, 0.6) is 0 Å². The van der Waals surface area contributed by atoms with Crippen LogP contribution in [0.3, 0.4) is 0 Å². The maximum absolute atomic E-state index is 16.3. The number of ether oxygens (including phenoxy) is 1. The van der Waals surface area contributed by atoms with E-state index in [0.717, 1.165) is 0 Å². The first-order valence-corrected chi connectivity index (χ1v) is 13.6. The molecule has 0 atom stereocenters. The molecule has 6 rings (SSSR count). The van der Waals surface area contributed by atoms with E-state index >= 15 is 4.39 Å². The van der Waals surface area contributed by atoms with Crippen molar-refractivity contribution in [3.63, 3.8) is 0 Å². The molecule has 15 heteroatoms. The number of hydrogen-bond acceptors (Lipinski definition) is 10. The summed E-state index contributed by atoms with van der Waals surface area (Å²) in [5, 5.41) is 29.4. The van der Waals surface area contributed by atoms with Gasteiger partial charge in [0.1, 0.15) is 23.3 Å². The number of pyridine rings is 2. The van der Waals surface area contributed by atoms with Gasteiger partial charge in [-0.1, -0.05) is 0 Å². The first-order valence-electron chi connectivity index (χ1n) is 15.1. The molecule has 0 bridgehead atoms. The molecule has 0 spiro atoms. The minimum absolute atomic E-state index is 0.0194. The van der Waals surface area contributed by atoms with Gasteiger partial charge in [0.2, 0.25) is 0 Å². The van der Waals surface area contributed by atoms with Gasteiger partial charge in [-0.2, -0.15) is 15.5 Å². The summed E-state index contributed by atoms with van der Waals surface area (Å²) in [6.07, 6.45) is 0.0504. The van der Waals surface area contributed by atoms with Gasteiger partial charge >= 0.3 is 6.09 Å². The van der Waals surface area contributed by atoms with Gasteiger partial charge in [-0.25, -0.2) is 19.3 Å². The number of nitrogens with one attached hydrogen (secondary N) is 1. The topological polar surface area (TPSA) is 186 Å². The van der Waals surface area contributed by atoms with Crippen LogP contribution in [0.2, 0.25) is 0 Å². The van der Waals surface area contributed by atoms with Crippen molar-refractivity contribution >= 4 is 39.2 Å². The quantitative estimate of drug-likeness (QED) is 0.297. The Labute approximate surface area is 259 Å². The average molecular weight is 613 g/mol. The zero-order valence-corrected chi connectivity index (χ0v) is 24.8. The molecule has 0 saturated carbocycles. The molecule has 14 nitrogen and oxygen atoms in total. The molecule has 3 N–H and O–H groups in total. The van der Waals surface area contributed by atoms with Crippen molar-refractivity contribution in [3.05, 3.63) is 63.7 Å². The van der Waals surface area contributed by atoms with Crippen molar-refractivity contribution in [1.82, 2.24) is 39.6 Å². The number of hydrogen-bond donors (Lipinski definition) is 2. The molecule has 0 aliphatic heterocycles. The summed E-state index contributed by atoms with van der Waals surface area (Å²) in [5.41, 5.74) is 5.08. The third kappa shape index (κ3) is 4.71. The molecule has 5 heterocycles. The number of anilines is 1. The Morgan fingerprint density at radius 3 is 2.73 bits per heavy atom. The standard InChI is InChI=1S/C30H28FN11O3/c1-14-36-38-23-8-7-15-17(11-32)24(19(31)10-22(15)42(14)23)26-18(13-34-41(26)6)20-9-16-21(12-33)37-39-28(43)25(16)27(35-20)40(5)29(44)45-30(2,3)4/h7-10,13H,12,33H2,1-6H3,(H,39,43)/i5D3. The number of carbonyl (C=O) groups excluding carboxylic acids is 1. The number of nitrogens with two attached hydrogens (primary N) is 1.